The van der Waals surface area contributed by atoms with Crippen molar-refractivity contribution in [3.05, 3.63) is 48.8 Å². The molecule has 1 aliphatic rings. The molecule has 2 heterocycles. The molecule has 0 saturated carbocycles. The Hall–Kier alpha value is -2.35. The Morgan fingerprint density at radius 1 is 1.10 bits per heavy atom. The number of hydrogen-bond donors (Lipinski definition) is 1. The third-order valence-electron chi connectivity index (χ3n) is 5.75. The number of piperidine rings is 1. The van der Waals surface area contributed by atoms with Gasteiger partial charge < -0.3 is 14.6 Å². The van der Waals surface area contributed by atoms with Gasteiger partial charge in [-0.2, -0.15) is 0 Å². The van der Waals surface area contributed by atoms with Gasteiger partial charge in [0, 0.05) is 29.5 Å². The minimum atomic E-state index is 0.296. The van der Waals surface area contributed by atoms with Crippen molar-refractivity contribution in [3.63, 3.8) is 0 Å². The molecule has 0 unspecified atom stereocenters. The minimum absolute atomic E-state index is 0.296. The second-order valence-electron chi connectivity index (χ2n) is 7.76. The molecule has 1 fully saturated rings. The van der Waals surface area contributed by atoms with Crippen LogP contribution >= 0.6 is 11.8 Å². The Balaban J connectivity index is 1.42. The molecule has 2 aromatic carbocycles. The predicted molar refractivity (Wildman–Crippen MR) is 123 cm³/mol. The summed E-state index contributed by atoms with van der Waals surface area (Å²) in [5.41, 5.74) is 0.842. The fraction of sp³-hybridized carbons (Fsp3) is 0.417. The molecule has 0 radical (unpaired) electrons. The van der Waals surface area contributed by atoms with Crippen molar-refractivity contribution >= 4 is 22.7 Å². The largest absolute Gasteiger partial charge is 0.493 e. The second kappa shape index (κ2) is 10.8. The van der Waals surface area contributed by atoms with Gasteiger partial charge in [-0.1, -0.05) is 30.0 Å². The highest BCUT2D eigenvalue weighted by molar-refractivity contribution is 7.99. The summed E-state index contributed by atoms with van der Waals surface area (Å²) in [7, 11) is 1.66. The van der Waals surface area contributed by atoms with E-state index in [2.05, 4.69) is 27.0 Å². The number of methoxy groups -OCH3 is 1. The van der Waals surface area contributed by atoms with Gasteiger partial charge in [-0.25, -0.2) is 9.97 Å². The third-order valence-corrected chi connectivity index (χ3v) is 6.78. The van der Waals surface area contributed by atoms with Gasteiger partial charge in [0.25, 0.3) is 0 Å². The molecular weight excluding hydrogens is 410 g/mol. The lowest BCUT2D eigenvalue weighted by Crippen LogP contribution is -2.36. The zero-order valence-electron chi connectivity index (χ0n) is 17.9. The molecule has 6 nitrogen and oxygen atoms in total. The van der Waals surface area contributed by atoms with E-state index in [-0.39, 0.29) is 0 Å². The molecule has 31 heavy (non-hydrogen) atoms. The number of benzene rings is 2. The van der Waals surface area contributed by atoms with E-state index in [0.717, 1.165) is 59.7 Å². The van der Waals surface area contributed by atoms with E-state index in [4.69, 9.17) is 14.6 Å². The van der Waals surface area contributed by atoms with E-state index in [1.54, 1.807) is 25.2 Å². The van der Waals surface area contributed by atoms with Gasteiger partial charge in [0.15, 0.2) is 11.5 Å². The van der Waals surface area contributed by atoms with Crippen LogP contribution in [0.15, 0.2) is 58.7 Å². The van der Waals surface area contributed by atoms with Crippen LogP contribution in [-0.4, -0.2) is 59.9 Å². The molecule has 0 spiro atoms. The van der Waals surface area contributed by atoms with Crippen molar-refractivity contribution in [2.75, 3.05) is 40.0 Å². The molecule has 1 saturated heterocycles. The van der Waals surface area contributed by atoms with E-state index in [9.17, 15) is 0 Å². The molecule has 3 aromatic rings. The number of aliphatic hydroxyl groups excluding tert-OH is 1. The Kier molecular flexibility index (Phi) is 7.61. The van der Waals surface area contributed by atoms with E-state index in [1.165, 1.54) is 0 Å². The van der Waals surface area contributed by atoms with Crippen molar-refractivity contribution in [2.24, 2.45) is 5.92 Å². The summed E-state index contributed by atoms with van der Waals surface area (Å²) < 4.78 is 11.7. The SMILES string of the molecule is COc1cc2c(Sc3ccccc3)ncnc2cc1OCCN1CCC(CCO)CC1. The number of aromatic nitrogens is 2. The first-order valence-electron chi connectivity index (χ1n) is 10.8. The lowest BCUT2D eigenvalue weighted by Gasteiger charge is -2.31. The highest BCUT2D eigenvalue weighted by atomic mass is 32.2. The van der Waals surface area contributed by atoms with Gasteiger partial charge in [-0.3, -0.25) is 4.90 Å². The molecule has 1 aromatic heterocycles. The topological polar surface area (TPSA) is 67.7 Å². The zero-order chi connectivity index (χ0) is 21.5. The predicted octanol–water partition coefficient (Wildman–Crippen LogP) is 4.26. The fourth-order valence-corrected chi connectivity index (χ4v) is 4.85. The molecule has 1 N–H and O–H groups in total. The van der Waals surface area contributed by atoms with Crippen molar-refractivity contribution in [2.45, 2.75) is 29.2 Å². The maximum absolute atomic E-state index is 9.11. The maximum Gasteiger partial charge on any atom is 0.163 e. The first-order chi connectivity index (χ1) is 15.3. The molecule has 4 rings (SSSR count). The van der Waals surface area contributed by atoms with Crippen LogP contribution in [0, 0.1) is 5.92 Å². The third kappa shape index (κ3) is 5.67. The van der Waals surface area contributed by atoms with Gasteiger partial charge in [0.05, 0.1) is 12.6 Å². The van der Waals surface area contributed by atoms with Crippen molar-refractivity contribution in [1.82, 2.24) is 14.9 Å². The molecule has 164 valence electrons. The summed E-state index contributed by atoms with van der Waals surface area (Å²) in [5.74, 6) is 2.06. The molecule has 0 atom stereocenters. The average Bonchev–Trinajstić information content (AvgIpc) is 2.81. The lowest BCUT2D eigenvalue weighted by molar-refractivity contribution is 0.138. The molecular formula is C24H29N3O3S. The van der Waals surface area contributed by atoms with Gasteiger partial charge in [-0.15, -0.1) is 0 Å². The van der Waals surface area contributed by atoms with Crippen LogP contribution in [0.1, 0.15) is 19.3 Å². The Morgan fingerprint density at radius 2 is 1.90 bits per heavy atom. The molecule has 7 heteroatoms. The first kappa shape index (κ1) is 21.9. The van der Waals surface area contributed by atoms with Gasteiger partial charge in [-0.05, 0) is 56.5 Å². The van der Waals surface area contributed by atoms with E-state index >= 15 is 0 Å². The number of ether oxygens (including phenoxy) is 2. The summed E-state index contributed by atoms with van der Waals surface area (Å²) in [5, 5.41) is 11.0. The minimum Gasteiger partial charge on any atom is -0.493 e. The van der Waals surface area contributed by atoms with Gasteiger partial charge >= 0.3 is 0 Å². The number of likely N-dealkylation sites (tertiary alicyclic amines) is 1. The first-order valence-corrected chi connectivity index (χ1v) is 11.6. The van der Waals surface area contributed by atoms with E-state index < -0.39 is 0 Å². The van der Waals surface area contributed by atoms with Crippen LogP contribution in [0.3, 0.4) is 0 Å². The summed E-state index contributed by atoms with van der Waals surface area (Å²) >= 11 is 1.61. The Morgan fingerprint density at radius 3 is 2.65 bits per heavy atom. The van der Waals surface area contributed by atoms with Crippen LogP contribution in [0.4, 0.5) is 0 Å². The zero-order valence-corrected chi connectivity index (χ0v) is 18.7. The van der Waals surface area contributed by atoms with Crippen LogP contribution in [-0.2, 0) is 0 Å². The van der Waals surface area contributed by atoms with Crippen LogP contribution in [0.2, 0.25) is 0 Å². The van der Waals surface area contributed by atoms with Gasteiger partial charge in [0.1, 0.15) is 18.0 Å². The normalized spacial score (nSPS) is 15.3. The average molecular weight is 440 g/mol. The van der Waals surface area contributed by atoms with Crippen LogP contribution < -0.4 is 9.47 Å². The van der Waals surface area contributed by atoms with E-state index in [0.29, 0.717) is 30.6 Å². The second-order valence-corrected chi connectivity index (χ2v) is 8.82. The fourth-order valence-electron chi connectivity index (χ4n) is 3.96. The highest BCUT2D eigenvalue weighted by Crippen LogP contribution is 2.37. The van der Waals surface area contributed by atoms with E-state index in [1.807, 2.05) is 30.3 Å². The van der Waals surface area contributed by atoms with Gasteiger partial charge in [0.2, 0.25) is 0 Å². The summed E-state index contributed by atoms with van der Waals surface area (Å²) in [6.07, 6.45) is 4.82. The smallest absolute Gasteiger partial charge is 0.163 e. The Bertz CT molecular complexity index is 978. The number of aliphatic hydroxyl groups is 1. The number of nitrogens with zero attached hydrogens (tertiary/aromatic N) is 3. The van der Waals surface area contributed by atoms with Crippen LogP contribution in [0.25, 0.3) is 10.9 Å². The summed E-state index contributed by atoms with van der Waals surface area (Å²) in [4.78, 5) is 12.5. The molecule has 0 bridgehead atoms. The monoisotopic (exact) mass is 439 g/mol. The molecule has 0 aliphatic carbocycles. The van der Waals surface area contributed by atoms with Crippen molar-refractivity contribution in [1.29, 1.82) is 0 Å². The summed E-state index contributed by atoms with van der Waals surface area (Å²) in [6, 6.07) is 14.1. The Labute approximate surface area is 187 Å². The van der Waals surface area contributed by atoms with Crippen molar-refractivity contribution in [3.8, 4) is 11.5 Å². The lowest BCUT2D eigenvalue weighted by atomic mass is 9.94. The van der Waals surface area contributed by atoms with Crippen molar-refractivity contribution < 1.29 is 14.6 Å². The summed E-state index contributed by atoms with van der Waals surface area (Å²) in [6.45, 7) is 3.91. The number of rotatable bonds is 9. The standard InChI is InChI=1S/C24H29N3O3S/c1-29-22-15-20-21(25-17-26-24(20)31-19-5-3-2-4-6-19)16-23(22)30-14-12-27-10-7-18(8-11-27)9-13-28/h2-6,15-18,28H,7-14H2,1H3. The molecule has 0 amide bonds. The maximum atomic E-state index is 9.11. The number of fused-ring (bicyclic) bond motifs is 1. The molecule has 1 aliphatic heterocycles. The van der Waals surface area contributed by atoms with Crippen LogP contribution in [0.5, 0.6) is 11.5 Å². The highest BCUT2D eigenvalue weighted by Gasteiger charge is 2.19. The quantitative estimate of drug-likeness (QED) is 0.500. The number of hydrogen-bond acceptors (Lipinski definition) is 7.